The molecule has 0 radical (unpaired) electrons. The summed E-state index contributed by atoms with van der Waals surface area (Å²) in [7, 11) is 0. The zero-order valence-electron chi connectivity index (χ0n) is 14.6. The van der Waals surface area contributed by atoms with Crippen LogP contribution in [0.3, 0.4) is 0 Å². The number of aliphatic hydroxyl groups excluding tert-OH is 1. The SMILES string of the molecule is CC(C)c1cc2c(cc1O)CCC1C2(C)CCC(O)C1(C)C. The highest BCUT2D eigenvalue weighted by atomic mass is 16.3. The van der Waals surface area contributed by atoms with Crippen molar-refractivity contribution in [2.45, 2.75) is 77.7 Å². The van der Waals surface area contributed by atoms with Crippen LogP contribution in [-0.4, -0.2) is 16.3 Å². The van der Waals surface area contributed by atoms with E-state index in [1.54, 1.807) is 0 Å². The maximum atomic E-state index is 10.5. The Labute approximate surface area is 134 Å². The zero-order valence-corrected chi connectivity index (χ0v) is 14.6. The van der Waals surface area contributed by atoms with Gasteiger partial charge in [0.1, 0.15) is 5.75 Å². The molecule has 1 aromatic rings. The number of hydrogen-bond donors (Lipinski definition) is 2. The van der Waals surface area contributed by atoms with Crippen molar-refractivity contribution < 1.29 is 10.2 Å². The van der Waals surface area contributed by atoms with Crippen molar-refractivity contribution >= 4 is 0 Å². The maximum absolute atomic E-state index is 10.5. The lowest BCUT2D eigenvalue weighted by atomic mass is 9.49. The van der Waals surface area contributed by atoms with E-state index in [2.05, 4.69) is 40.7 Å². The van der Waals surface area contributed by atoms with Gasteiger partial charge in [0.15, 0.2) is 0 Å². The Hall–Kier alpha value is -1.02. The molecule has 1 aromatic carbocycles. The van der Waals surface area contributed by atoms with Gasteiger partial charge in [0.2, 0.25) is 0 Å². The predicted octanol–water partition coefficient (Wildman–Crippen LogP) is 4.52. The number of aliphatic hydroxyl groups is 1. The minimum atomic E-state index is -0.200. The molecule has 2 heteroatoms. The smallest absolute Gasteiger partial charge is 0.119 e. The number of benzene rings is 1. The number of hydrogen-bond acceptors (Lipinski definition) is 2. The van der Waals surface area contributed by atoms with Gasteiger partial charge in [-0.25, -0.2) is 0 Å². The number of aryl methyl sites for hydroxylation is 1. The third-order valence-electron chi connectivity index (χ3n) is 6.66. The number of aromatic hydroxyl groups is 1. The minimum absolute atomic E-state index is 0.0411. The zero-order chi connectivity index (χ0) is 16.3. The second-order valence-corrected chi connectivity index (χ2v) is 8.61. The average Bonchev–Trinajstić information content (AvgIpc) is 2.42. The first-order valence-electron chi connectivity index (χ1n) is 8.72. The van der Waals surface area contributed by atoms with Crippen molar-refractivity contribution in [2.24, 2.45) is 11.3 Å². The van der Waals surface area contributed by atoms with Gasteiger partial charge >= 0.3 is 0 Å². The molecular weight excluding hydrogens is 272 g/mol. The Balaban J connectivity index is 2.14. The van der Waals surface area contributed by atoms with Crippen LogP contribution in [0.25, 0.3) is 0 Å². The van der Waals surface area contributed by atoms with E-state index in [1.165, 1.54) is 11.1 Å². The fourth-order valence-corrected chi connectivity index (χ4v) is 5.20. The van der Waals surface area contributed by atoms with Crippen molar-refractivity contribution in [3.05, 3.63) is 28.8 Å². The third kappa shape index (κ3) is 2.11. The lowest BCUT2D eigenvalue weighted by Gasteiger charge is -2.56. The molecule has 2 nitrogen and oxygen atoms in total. The van der Waals surface area contributed by atoms with E-state index in [9.17, 15) is 10.2 Å². The molecule has 2 aliphatic rings. The van der Waals surface area contributed by atoms with E-state index in [0.717, 1.165) is 31.2 Å². The first-order chi connectivity index (χ1) is 10.2. The fraction of sp³-hybridized carbons (Fsp3) is 0.700. The van der Waals surface area contributed by atoms with Crippen molar-refractivity contribution in [1.82, 2.24) is 0 Å². The predicted molar refractivity (Wildman–Crippen MR) is 90.4 cm³/mol. The topological polar surface area (TPSA) is 40.5 Å². The summed E-state index contributed by atoms with van der Waals surface area (Å²) >= 11 is 0. The highest BCUT2D eigenvalue weighted by Gasteiger charge is 2.53. The van der Waals surface area contributed by atoms with Crippen LogP contribution in [0.4, 0.5) is 0 Å². The highest BCUT2D eigenvalue weighted by molar-refractivity contribution is 5.48. The lowest BCUT2D eigenvalue weighted by Crippen LogP contribution is -2.53. The van der Waals surface area contributed by atoms with E-state index in [0.29, 0.717) is 17.6 Å². The maximum Gasteiger partial charge on any atom is 0.119 e. The number of phenols is 1. The Morgan fingerprint density at radius 3 is 2.45 bits per heavy atom. The lowest BCUT2D eigenvalue weighted by molar-refractivity contribution is -0.0731. The molecule has 0 spiro atoms. The first kappa shape index (κ1) is 15.9. The summed E-state index contributed by atoms with van der Waals surface area (Å²) in [6.07, 6.45) is 3.83. The van der Waals surface area contributed by atoms with Gasteiger partial charge in [-0.1, -0.05) is 40.7 Å². The summed E-state index contributed by atoms with van der Waals surface area (Å²) in [6.45, 7) is 11.1. The molecule has 3 atom stereocenters. The summed E-state index contributed by atoms with van der Waals surface area (Å²) in [5, 5.41) is 20.8. The molecule has 0 aliphatic heterocycles. The number of rotatable bonds is 1. The van der Waals surface area contributed by atoms with Gasteiger partial charge in [-0.15, -0.1) is 0 Å². The molecule has 1 fully saturated rings. The number of phenolic OH excluding ortho intramolecular Hbond substituents is 1. The highest BCUT2D eigenvalue weighted by Crippen LogP contribution is 2.57. The molecule has 2 N–H and O–H groups in total. The molecule has 0 bridgehead atoms. The Kier molecular flexibility index (Phi) is 3.60. The summed E-state index contributed by atoms with van der Waals surface area (Å²) in [5.41, 5.74) is 3.87. The van der Waals surface area contributed by atoms with Gasteiger partial charge in [0.05, 0.1) is 6.10 Å². The van der Waals surface area contributed by atoms with Gasteiger partial charge in [-0.3, -0.25) is 0 Å². The van der Waals surface area contributed by atoms with Crippen molar-refractivity contribution in [2.75, 3.05) is 0 Å². The van der Waals surface area contributed by atoms with E-state index in [1.807, 2.05) is 6.07 Å². The Morgan fingerprint density at radius 2 is 1.82 bits per heavy atom. The van der Waals surface area contributed by atoms with E-state index < -0.39 is 0 Å². The first-order valence-corrected chi connectivity index (χ1v) is 8.72. The molecule has 22 heavy (non-hydrogen) atoms. The number of fused-ring (bicyclic) bond motifs is 3. The van der Waals surface area contributed by atoms with Crippen LogP contribution in [0.2, 0.25) is 0 Å². The van der Waals surface area contributed by atoms with Crippen molar-refractivity contribution in [1.29, 1.82) is 0 Å². The normalized spacial score (nSPS) is 33.4. The molecule has 0 saturated heterocycles. The van der Waals surface area contributed by atoms with Crippen LogP contribution in [-0.2, 0) is 11.8 Å². The third-order valence-corrected chi connectivity index (χ3v) is 6.66. The van der Waals surface area contributed by atoms with Crippen LogP contribution < -0.4 is 0 Å². The van der Waals surface area contributed by atoms with E-state index in [-0.39, 0.29) is 16.9 Å². The van der Waals surface area contributed by atoms with Crippen molar-refractivity contribution in [3.63, 3.8) is 0 Å². The molecular formula is C20H30O2. The van der Waals surface area contributed by atoms with Crippen LogP contribution in [0.15, 0.2) is 12.1 Å². The molecule has 122 valence electrons. The molecule has 0 heterocycles. The second kappa shape index (κ2) is 4.99. The van der Waals surface area contributed by atoms with Gasteiger partial charge < -0.3 is 10.2 Å². The van der Waals surface area contributed by atoms with E-state index >= 15 is 0 Å². The standard InChI is InChI=1S/C20H30O2/c1-12(2)14-11-15-13(10-16(14)21)6-7-17-19(3,4)18(22)8-9-20(15,17)5/h10-12,17-18,21-22H,6-9H2,1-5H3. The monoisotopic (exact) mass is 302 g/mol. The van der Waals surface area contributed by atoms with Crippen LogP contribution in [0.5, 0.6) is 5.75 Å². The van der Waals surface area contributed by atoms with Crippen LogP contribution >= 0.6 is 0 Å². The quantitative estimate of drug-likeness (QED) is 0.801. The van der Waals surface area contributed by atoms with Crippen LogP contribution in [0, 0.1) is 11.3 Å². The largest absolute Gasteiger partial charge is 0.508 e. The molecule has 3 rings (SSSR count). The van der Waals surface area contributed by atoms with Crippen LogP contribution in [0.1, 0.15) is 76.5 Å². The average molecular weight is 302 g/mol. The summed E-state index contributed by atoms with van der Waals surface area (Å²) in [5.74, 6) is 1.28. The Bertz CT molecular complexity index is 588. The summed E-state index contributed by atoms with van der Waals surface area (Å²) < 4.78 is 0. The summed E-state index contributed by atoms with van der Waals surface area (Å²) in [4.78, 5) is 0. The van der Waals surface area contributed by atoms with Gasteiger partial charge in [0, 0.05) is 0 Å². The van der Waals surface area contributed by atoms with Gasteiger partial charge in [-0.2, -0.15) is 0 Å². The van der Waals surface area contributed by atoms with Crippen molar-refractivity contribution in [3.8, 4) is 5.75 Å². The Morgan fingerprint density at radius 1 is 1.14 bits per heavy atom. The molecule has 3 unspecified atom stereocenters. The van der Waals surface area contributed by atoms with E-state index in [4.69, 9.17) is 0 Å². The minimum Gasteiger partial charge on any atom is -0.508 e. The van der Waals surface area contributed by atoms with Gasteiger partial charge in [0.25, 0.3) is 0 Å². The fourth-order valence-electron chi connectivity index (χ4n) is 5.20. The summed E-state index contributed by atoms with van der Waals surface area (Å²) in [6, 6.07) is 4.26. The second-order valence-electron chi connectivity index (χ2n) is 8.61. The molecule has 1 saturated carbocycles. The molecule has 0 amide bonds. The molecule has 0 aromatic heterocycles. The molecule has 2 aliphatic carbocycles. The van der Waals surface area contributed by atoms with Gasteiger partial charge in [-0.05, 0) is 71.1 Å².